The van der Waals surface area contributed by atoms with Gasteiger partial charge in [-0.1, -0.05) is 13.0 Å². The van der Waals surface area contributed by atoms with Crippen molar-refractivity contribution < 1.29 is 19.6 Å². The molecule has 1 aromatic carbocycles. The number of carbonyl (C=O) groups is 1. The zero-order valence-corrected chi connectivity index (χ0v) is 12.2. The average molecular weight is 296 g/mol. The van der Waals surface area contributed by atoms with E-state index in [-0.39, 0.29) is 11.4 Å². The Morgan fingerprint density at radius 3 is 2.81 bits per heavy atom. The minimum absolute atomic E-state index is 0.0920. The van der Waals surface area contributed by atoms with Crippen molar-refractivity contribution in [2.75, 3.05) is 18.5 Å². The van der Waals surface area contributed by atoms with Crippen molar-refractivity contribution in [2.24, 2.45) is 5.92 Å². The van der Waals surface area contributed by atoms with Gasteiger partial charge in [0.25, 0.3) is 0 Å². The molecule has 0 saturated heterocycles. The van der Waals surface area contributed by atoms with Gasteiger partial charge in [0.05, 0.1) is 17.4 Å². The fourth-order valence-corrected chi connectivity index (χ4v) is 1.88. The number of nitrogens with one attached hydrogen (secondary N) is 1. The van der Waals surface area contributed by atoms with E-state index in [9.17, 15) is 14.9 Å². The fraction of sp³-hybridized carbons (Fsp3) is 0.500. The highest BCUT2D eigenvalue weighted by atomic mass is 16.6. The van der Waals surface area contributed by atoms with E-state index in [0.717, 1.165) is 0 Å². The number of carboxylic acid groups (broad SMARTS) is 1. The minimum atomic E-state index is -0.834. The molecule has 7 nitrogen and oxygen atoms in total. The van der Waals surface area contributed by atoms with Crippen LogP contribution in [0, 0.1) is 16.0 Å². The van der Waals surface area contributed by atoms with Crippen LogP contribution in [-0.2, 0) is 4.79 Å². The van der Waals surface area contributed by atoms with Crippen LogP contribution in [-0.4, -0.2) is 29.2 Å². The molecular weight excluding hydrogens is 276 g/mol. The van der Waals surface area contributed by atoms with Gasteiger partial charge >= 0.3 is 11.7 Å². The SMILES string of the molecule is CCOc1cccc(NCCCC(C)C(=O)O)c1[N+](=O)[O-]. The Kier molecular flexibility index (Phi) is 6.45. The van der Waals surface area contributed by atoms with Crippen LogP contribution in [0.25, 0.3) is 0 Å². The van der Waals surface area contributed by atoms with Crippen LogP contribution in [0.5, 0.6) is 5.75 Å². The number of anilines is 1. The largest absolute Gasteiger partial charge is 0.487 e. The molecule has 0 bridgehead atoms. The second-order valence-electron chi connectivity index (χ2n) is 4.65. The van der Waals surface area contributed by atoms with Crippen molar-refractivity contribution in [3.05, 3.63) is 28.3 Å². The third-order valence-electron chi connectivity index (χ3n) is 3.03. The van der Waals surface area contributed by atoms with Crippen LogP contribution in [0.4, 0.5) is 11.4 Å². The summed E-state index contributed by atoms with van der Waals surface area (Å²) < 4.78 is 5.26. The van der Waals surface area contributed by atoms with Crippen LogP contribution < -0.4 is 10.1 Å². The molecule has 2 N–H and O–H groups in total. The van der Waals surface area contributed by atoms with Crippen LogP contribution in [0.15, 0.2) is 18.2 Å². The normalized spacial score (nSPS) is 11.7. The lowest BCUT2D eigenvalue weighted by Crippen LogP contribution is -2.12. The number of ether oxygens (including phenoxy) is 1. The molecular formula is C14H20N2O5. The Labute approximate surface area is 123 Å². The van der Waals surface area contributed by atoms with Gasteiger partial charge in [-0.05, 0) is 31.9 Å². The second-order valence-corrected chi connectivity index (χ2v) is 4.65. The Morgan fingerprint density at radius 1 is 1.52 bits per heavy atom. The Balaban J connectivity index is 2.68. The first-order valence-electron chi connectivity index (χ1n) is 6.84. The number of nitro groups is 1. The van der Waals surface area contributed by atoms with E-state index in [4.69, 9.17) is 9.84 Å². The Bertz CT molecular complexity index is 504. The molecule has 0 aliphatic heterocycles. The lowest BCUT2D eigenvalue weighted by molar-refractivity contribution is -0.384. The van der Waals surface area contributed by atoms with Gasteiger partial charge in [0.15, 0.2) is 5.75 Å². The highest BCUT2D eigenvalue weighted by molar-refractivity contribution is 5.69. The lowest BCUT2D eigenvalue weighted by Gasteiger charge is -2.11. The maximum Gasteiger partial charge on any atom is 0.333 e. The zero-order chi connectivity index (χ0) is 15.8. The van der Waals surface area contributed by atoms with E-state index in [0.29, 0.717) is 31.7 Å². The molecule has 0 fully saturated rings. The molecule has 21 heavy (non-hydrogen) atoms. The minimum Gasteiger partial charge on any atom is -0.487 e. The third kappa shape index (κ3) is 4.94. The van der Waals surface area contributed by atoms with Crippen LogP contribution in [0.3, 0.4) is 0 Å². The van der Waals surface area contributed by atoms with Gasteiger partial charge in [0.1, 0.15) is 5.69 Å². The van der Waals surface area contributed by atoms with Gasteiger partial charge < -0.3 is 15.2 Å². The van der Waals surface area contributed by atoms with Crippen molar-refractivity contribution in [3.63, 3.8) is 0 Å². The summed E-state index contributed by atoms with van der Waals surface area (Å²) in [5, 5.41) is 22.9. The summed E-state index contributed by atoms with van der Waals surface area (Å²) in [6.45, 7) is 4.21. The van der Waals surface area contributed by atoms with Gasteiger partial charge in [0.2, 0.25) is 0 Å². The second kappa shape index (κ2) is 8.08. The van der Waals surface area contributed by atoms with Gasteiger partial charge in [0, 0.05) is 6.54 Å². The predicted octanol–water partition coefficient (Wildman–Crippen LogP) is 2.91. The van der Waals surface area contributed by atoms with E-state index < -0.39 is 16.8 Å². The van der Waals surface area contributed by atoms with Crippen molar-refractivity contribution in [2.45, 2.75) is 26.7 Å². The van der Waals surface area contributed by atoms with Gasteiger partial charge in [-0.15, -0.1) is 0 Å². The quantitative estimate of drug-likeness (QED) is 0.412. The Morgan fingerprint density at radius 2 is 2.24 bits per heavy atom. The molecule has 116 valence electrons. The summed E-state index contributed by atoms with van der Waals surface area (Å²) >= 11 is 0. The molecule has 0 amide bonds. The van der Waals surface area contributed by atoms with Gasteiger partial charge in [-0.25, -0.2) is 0 Å². The summed E-state index contributed by atoms with van der Waals surface area (Å²) in [4.78, 5) is 21.4. The number of rotatable bonds is 9. The summed E-state index contributed by atoms with van der Waals surface area (Å²) in [7, 11) is 0. The fourth-order valence-electron chi connectivity index (χ4n) is 1.88. The number of nitro benzene ring substituents is 1. The topological polar surface area (TPSA) is 102 Å². The first kappa shape index (κ1) is 16.7. The number of para-hydroxylation sites is 1. The molecule has 0 aliphatic carbocycles. The highest BCUT2D eigenvalue weighted by Crippen LogP contribution is 2.34. The van der Waals surface area contributed by atoms with Crippen molar-refractivity contribution >= 4 is 17.3 Å². The molecule has 0 aromatic heterocycles. The smallest absolute Gasteiger partial charge is 0.333 e. The monoisotopic (exact) mass is 296 g/mol. The number of hydrogen-bond donors (Lipinski definition) is 2. The third-order valence-corrected chi connectivity index (χ3v) is 3.03. The summed E-state index contributed by atoms with van der Waals surface area (Å²) in [6, 6.07) is 4.85. The van der Waals surface area contributed by atoms with E-state index in [1.807, 2.05) is 0 Å². The molecule has 0 spiro atoms. The molecule has 0 radical (unpaired) electrons. The molecule has 1 rings (SSSR count). The molecule has 1 aromatic rings. The number of nitrogens with zero attached hydrogens (tertiary/aromatic N) is 1. The lowest BCUT2D eigenvalue weighted by atomic mass is 10.1. The summed E-state index contributed by atoms with van der Waals surface area (Å²) in [5.74, 6) is -1.03. The van der Waals surface area contributed by atoms with Crippen molar-refractivity contribution in [1.29, 1.82) is 0 Å². The molecule has 1 atom stereocenters. The van der Waals surface area contributed by atoms with Crippen LogP contribution in [0.2, 0.25) is 0 Å². The molecule has 0 heterocycles. The molecule has 0 saturated carbocycles. The van der Waals surface area contributed by atoms with E-state index in [1.54, 1.807) is 32.0 Å². The van der Waals surface area contributed by atoms with Crippen LogP contribution in [0.1, 0.15) is 26.7 Å². The number of benzene rings is 1. The van der Waals surface area contributed by atoms with E-state index >= 15 is 0 Å². The maximum atomic E-state index is 11.2. The van der Waals surface area contributed by atoms with E-state index in [2.05, 4.69) is 5.32 Å². The average Bonchev–Trinajstić information content (AvgIpc) is 2.43. The van der Waals surface area contributed by atoms with Gasteiger partial charge in [-0.3, -0.25) is 14.9 Å². The van der Waals surface area contributed by atoms with Gasteiger partial charge in [-0.2, -0.15) is 0 Å². The predicted molar refractivity (Wildman–Crippen MR) is 78.8 cm³/mol. The van der Waals surface area contributed by atoms with E-state index in [1.165, 1.54) is 0 Å². The standard InChI is InChI=1S/C14H20N2O5/c1-3-21-12-8-4-7-11(13(12)16(19)20)15-9-5-6-10(2)14(17)18/h4,7-8,10,15H,3,5-6,9H2,1-2H3,(H,17,18). The molecule has 1 unspecified atom stereocenters. The molecule has 7 heteroatoms. The summed E-state index contributed by atoms with van der Waals surface area (Å²) in [5.41, 5.74) is 0.291. The number of aliphatic carboxylic acids is 1. The first-order valence-corrected chi connectivity index (χ1v) is 6.84. The van der Waals surface area contributed by atoms with Crippen LogP contribution >= 0.6 is 0 Å². The van der Waals surface area contributed by atoms with Crippen molar-refractivity contribution in [3.8, 4) is 5.75 Å². The number of hydrogen-bond acceptors (Lipinski definition) is 5. The molecule has 0 aliphatic rings. The first-order chi connectivity index (χ1) is 9.97. The van der Waals surface area contributed by atoms with Crippen molar-refractivity contribution in [1.82, 2.24) is 0 Å². The number of carboxylic acids is 1. The Hall–Kier alpha value is -2.31. The maximum absolute atomic E-state index is 11.2. The highest BCUT2D eigenvalue weighted by Gasteiger charge is 2.20. The zero-order valence-electron chi connectivity index (χ0n) is 12.2. The summed E-state index contributed by atoms with van der Waals surface area (Å²) in [6.07, 6.45) is 1.13.